The van der Waals surface area contributed by atoms with E-state index in [2.05, 4.69) is 10.3 Å². The van der Waals surface area contributed by atoms with Crippen LogP contribution in [-0.4, -0.2) is 89.6 Å². The fourth-order valence-corrected chi connectivity index (χ4v) is 5.21. The number of fused-ring (bicyclic) bond motifs is 1. The molecule has 2 heterocycles. The molecule has 1 aromatic carbocycles. The third-order valence-corrected chi connectivity index (χ3v) is 8.18. The maximum atomic E-state index is 13.2. The van der Waals surface area contributed by atoms with Crippen LogP contribution in [0.1, 0.15) is 32.4 Å². The average Bonchev–Trinajstić information content (AvgIpc) is 3.30. The van der Waals surface area contributed by atoms with Crippen molar-refractivity contribution in [3.8, 4) is 5.75 Å². The summed E-state index contributed by atoms with van der Waals surface area (Å²) < 4.78 is 40.8. The normalized spacial score (nSPS) is 21.2. The summed E-state index contributed by atoms with van der Waals surface area (Å²) >= 11 is 0. The number of hydrogen-bond acceptors (Lipinski definition) is 8. The topological polar surface area (TPSA) is 127 Å². The van der Waals surface area contributed by atoms with Crippen LogP contribution in [0.25, 0.3) is 0 Å². The Kier molecular flexibility index (Phi) is 9.22. The van der Waals surface area contributed by atoms with E-state index in [-0.39, 0.29) is 42.5 Å². The van der Waals surface area contributed by atoms with Gasteiger partial charge in [-0.25, -0.2) is 13.1 Å². The number of ether oxygens (including phenoxy) is 2. The lowest BCUT2D eigenvalue weighted by Crippen LogP contribution is -2.47. The van der Waals surface area contributed by atoms with Gasteiger partial charge in [0.05, 0.1) is 49.3 Å². The number of likely N-dealkylation sites (N-methyl/N-ethyl adjacent to an activating group) is 1. The predicted molar refractivity (Wildman–Crippen MR) is 128 cm³/mol. The highest BCUT2D eigenvalue weighted by molar-refractivity contribution is 7.89. The molecule has 0 fully saturated rings. The van der Waals surface area contributed by atoms with Gasteiger partial charge in [0.1, 0.15) is 5.75 Å². The molecule has 2 aromatic rings. The van der Waals surface area contributed by atoms with Crippen LogP contribution in [0.5, 0.6) is 5.75 Å². The summed E-state index contributed by atoms with van der Waals surface area (Å²) in [6.45, 7) is 4.68. The number of carbonyl (C=O) groups is 1. The van der Waals surface area contributed by atoms with Gasteiger partial charge in [-0.3, -0.25) is 4.79 Å². The smallest absolute Gasteiger partial charge is 0.242 e. The molecule has 1 amide bonds. The number of hydrogen-bond donors (Lipinski definition) is 1. The van der Waals surface area contributed by atoms with Gasteiger partial charge in [-0.2, -0.15) is 4.31 Å². The second-order valence-electron chi connectivity index (χ2n) is 8.92. The van der Waals surface area contributed by atoms with Crippen LogP contribution in [-0.2, 0) is 32.7 Å². The second kappa shape index (κ2) is 11.9. The van der Waals surface area contributed by atoms with E-state index in [1.165, 1.54) is 30.6 Å². The highest BCUT2D eigenvalue weighted by Gasteiger charge is 2.31. The molecule has 0 bridgehead atoms. The summed E-state index contributed by atoms with van der Waals surface area (Å²) in [6.07, 6.45) is 1.99. The van der Waals surface area contributed by atoms with Crippen molar-refractivity contribution >= 4 is 15.9 Å². The van der Waals surface area contributed by atoms with E-state index >= 15 is 0 Å². The standard InChI is InChI=1S/C23H35N5O6S/c1-17-13-27(18(2)15-29)23(30)6-5-11-28-19(12-24-25-28)16-34-22(17)14-26(3)35(31,32)21-9-7-20(33-4)8-10-21/h7-10,12,17-18,22,29H,5-6,11,13-16H2,1-4H3/t17-,18+,22+/m0/s1. The Morgan fingerprint density at radius 2 is 2.03 bits per heavy atom. The zero-order valence-electron chi connectivity index (χ0n) is 20.7. The van der Waals surface area contributed by atoms with Crippen molar-refractivity contribution in [1.82, 2.24) is 24.2 Å². The number of methoxy groups -OCH3 is 1. The summed E-state index contributed by atoms with van der Waals surface area (Å²) in [5.74, 6) is 0.277. The number of benzene rings is 1. The number of rotatable bonds is 7. The summed E-state index contributed by atoms with van der Waals surface area (Å²) in [6, 6.07) is 5.84. The molecule has 1 aliphatic heterocycles. The van der Waals surface area contributed by atoms with Gasteiger partial charge in [0.15, 0.2) is 0 Å². The van der Waals surface area contributed by atoms with E-state index in [0.717, 1.165) is 5.69 Å². The predicted octanol–water partition coefficient (Wildman–Crippen LogP) is 1.13. The van der Waals surface area contributed by atoms with Crippen molar-refractivity contribution in [3.05, 3.63) is 36.2 Å². The van der Waals surface area contributed by atoms with Crippen molar-refractivity contribution in [2.45, 2.75) is 56.9 Å². The first-order valence-corrected chi connectivity index (χ1v) is 13.1. The molecule has 0 spiro atoms. The number of aliphatic hydroxyl groups is 1. The first kappa shape index (κ1) is 27.1. The molecule has 1 N–H and O–H groups in total. The van der Waals surface area contributed by atoms with Gasteiger partial charge in [0.2, 0.25) is 15.9 Å². The largest absolute Gasteiger partial charge is 0.497 e. The molecule has 0 saturated heterocycles. The summed E-state index contributed by atoms with van der Waals surface area (Å²) in [5.41, 5.74) is 0.761. The Hall–Kier alpha value is -2.54. The fourth-order valence-electron chi connectivity index (χ4n) is 4.03. The molecule has 11 nitrogen and oxygen atoms in total. The van der Waals surface area contributed by atoms with Crippen LogP contribution in [0.3, 0.4) is 0 Å². The van der Waals surface area contributed by atoms with Crippen LogP contribution in [0.15, 0.2) is 35.4 Å². The van der Waals surface area contributed by atoms with Crippen molar-refractivity contribution in [3.63, 3.8) is 0 Å². The Morgan fingerprint density at radius 3 is 2.69 bits per heavy atom. The molecule has 194 valence electrons. The number of nitrogens with zero attached hydrogens (tertiary/aromatic N) is 5. The van der Waals surface area contributed by atoms with Crippen molar-refractivity contribution in [1.29, 1.82) is 0 Å². The molecule has 0 unspecified atom stereocenters. The number of aromatic nitrogens is 3. The van der Waals surface area contributed by atoms with E-state index in [4.69, 9.17) is 9.47 Å². The first-order chi connectivity index (χ1) is 16.7. The van der Waals surface area contributed by atoms with Crippen LogP contribution in [0.4, 0.5) is 0 Å². The highest BCUT2D eigenvalue weighted by Crippen LogP contribution is 2.22. The molecule has 3 rings (SSSR count). The molecular formula is C23H35N5O6S. The van der Waals surface area contributed by atoms with Gasteiger partial charge in [-0.1, -0.05) is 12.1 Å². The molecule has 35 heavy (non-hydrogen) atoms. The molecule has 1 aliphatic rings. The molecule has 0 aliphatic carbocycles. The number of carbonyl (C=O) groups excluding carboxylic acids is 1. The lowest BCUT2D eigenvalue weighted by molar-refractivity contribution is -0.136. The molecular weight excluding hydrogens is 474 g/mol. The molecule has 3 atom stereocenters. The number of amides is 1. The van der Waals surface area contributed by atoms with Crippen LogP contribution >= 0.6 is 0 Å². The number of aliphatic hydroxyl groups excluding tert-OH is 1. The summed E-state index contributed by atoms with van der Waals surface area (Å²) in [5, 5.41) is 17.8. The quantitative estimate of drug-likeness (QED) is 0.589. The van der Waals surface area contributed by atoms with Gasteiger partial charge in [0.25, 0.3) is 0 Å². The highest BCUT2D eigenvalue weighted by atomic mass is 32.2. The molecule has 12 heteroatoms. The van der Waals surface area contributed by atoms with Gasteiger partial charge in [0, 0.05) is 39.0 Å². The third kappa shape index (κ3) is 6.57. The zero-order chi connectivity index (χ0) is 25.6. The average molecular weight is 510 g/mol. The van der Waals surface area contributed by atoms with Gasteiger partial charge < -0.3 is 19.5 Å². The van der Waals surface area contributed by atoms with Crippen molar-refractivity contribution in [2.24, 2.45) is 5.92 Å². The maximum Gasteiger partial charge on any atom is 0.242 e. The monoisotopic (exact) mass is 509 g/mol. The van der Waals surface area contributed by atoms with E-state index in [1.54, 1.807) is 34.8 Å². The molecule has 1 aromatic heterocycles. The second-order valence-corrected chi connectivity index (χ2v) is 11.0. The lowest BCUT2D eigenvalue weighted by Gasteiger charge is -2.35. The number of sulfonamides is 1. The summed E-state index contributed by atoms with van der Waals surface area (Å²) in [4.78, 5) is 14.8. The van der Waals surface area contributed by atoms with E-state index < -0.39 is 16.1 Å². The lowest BCUT2D eigenvalue weighted by atomic mass is 10.0. The third-order valence-electron chi connectivity index (χ3n) is 6.34. The van der Waals surface area contributed by atoms with Gasteiger partial charge in [-0.05, 0) is 37.6 Å². The first-order valence-electron chi connectivity index (χ1n) is 11.7. The molecule has 0 radical (unpaired) electrons. The number of aryl methyl sites for hydroxylation is 1. The fraction of sp³-hybridized carbons (Fsp3) is 0.609. The van der Waals surface area contributed by atoms with Crippen molar-refractivity contribution < 1.29 is 27.8 Å². The van der Waals surface area contributed by atoms with Gasteiger partial charge in [-0.15, -0.1) is 5.10 Å². The minimum atomic E-state index is -3.78. The Bertz CT molecular complexity index is 1070. The maximum absolute atomic E-state index is 13.2. The Balaban J connectivity index is 1.86. The van der Waals surface area contributed by atoms with E-state index in [9.17, 15) is 18.3 Å². The van der Waals surface area contributed by atoms with E-state index in [0.29, 0.717) is 31.7 Å². The van der Waals surface area contributed by atoms with Crippen LogP contribution in [0.2, 0.25) is 0 Å². The SMILES string of the molecule is COc1ccc(S(=O)(=O)N(C)C[C@H]2OCc3cnnn3CCCC(=O)N([C@H](C)CO)C[C@@H]2C)cc1. The minimum Gasteiger partial charge on any atom is -0.497 e. The van der Waals surface area contributed by atoms with Gasteiger partial charge >= 0.3 is 0 Å². The summed E-state index contributed by atoms with van der Waals surface area (Å²) in [7, 11) is -0.755. The Morgan fingerprint density at radius 1 is 1.31 bits per heavy atom. The zero-order valence-corrected chi connectivity index (χ0v) is 21.5. The van der Waals surface area contributed by atoms with Crippen LogP contribution < -0.4 is 4.74 Å². The van der Waals surface area contributed by atoms with E-state index in [1.807, 2.05) is 6.92 Å². The minimum absolute atomic E-state index is 0.0707. The van der Waals surface area contributed by atoms with Crippen LogP contribution in [0, 0.1) is 5.92 Å². The Labute approximate surface area is 206 Å². The van der Waals surface area contributed by atoms with Crippen molar-refractivity contribution in [2.75, 3.05) is 33.9 Å². The molecule has 0 saturated carbocycles.